The number of aliphatic hydroxyl groups excluding tert-OH is 1. The zero-order chi connectivity index (χ0) is 7.83. The molecule has 1 nitrogen and oxygen atoms in total. The van der Waals surface area contributed by atoms with Crippen LogP contribution in [0.25, 0.3) is 0 Å². The van der Waals surface area contributed by atoms with Crippen molar-refractivity contribution >= 4 is 0 Å². The fraction of sp³-hybridized carbons (Fsp3) is 1.00. The van der Waals surface area contributed by atoms with E-state index in [0.29, 0.717) is 12.8 Å². The van der Waals surface area contributed by atoms with Gasteiger partial charge in [0.05, 0.1) is 0 Å². The Morgan fingerprint density at radius 1 is 1.50 bits per heavy atom. The lowest BCUT2D eigenvalue weighted by Gasteiger charge is -2.21. The monoisotopic (exact) mass is 150 g/mol. The van der Waals surface area contributed by atoms with Gasteiger partial charge in [0, 0.05) is 18.4 Å². The molecule has 1 aliphatic carbocycles. The zero-order valence-electron chi connectivity index (χ0n) is 6.03. The Balaban J connectivity index is 2.50. The van der Waals surface area contributed by atoms with Crippen molar-refractivity contribution < 1.29 is 13.9 Å². The fourth-order valence-electron chi connectivity index (χ4n) is 0.995. The zero-order valence-corrected chi connectivity index (χ0v) is 6.03. The van der Waals surface area contributed by atoms with Gasteiger partial charge >= 0.3 is 0 Å². The van der Waals surface area contributed by atoms with E-state index in [1.54, 1.807) is 6.92 Å². The van der Waals surface area contributed by atoms with Crippen molar-refractivity contribution in [3.63, 3.8) is 0 Å². The van der Waals surface area contributed by atoms with Crippen LogP contribution in [0.5, 0.6) is 0 Å². The van der Waals surface area contributed by atoms with Crippen molar-refractivity contribution in [2.45, 2.75) is 32.1 Å². The molecule has 0 aromatic heterocycles. The van der Waals surface area contributed by atoms with Crippen LogP contribution >= 0.6 is 0 Å². The number of hydrogen-bond donors (Lipinski definition) is 1. The van der Waals surface area contributed by atoms with Crippen molar-refractivity contribution in [1.29, 1.82) is 0 Å². The minimum atomic E-state index is -2.65. The van der Waals surface area contributed by atoms with Crippen molar-refractivity contribution in [2.75, 3.05) is 6.61 Å². The van der Waals surface area contributed by atoms with Gasteiger partial charge in [-0.2, -0.15) is 0 Å². The Bertz CT molecular complexity index is 130. The molecule has 0 bridgehead atoms. The molecule has 0 spiro atoms. The highest BCUT2D eigenvalue weighted by molar-refractivity contribution is 4.99. The summed E-state index contributed by atoms with van der Waals surface area (Å²) in [6.07, 6.45) is 0.809. The van der Waals surface area contributed by atoms with Crippen LogP contribution in [-0.4, -0.2) is 17.6 Å². The van der Waals surface area contributed by atoms with Gasteiger partial charge in [-0.05, 0) is 12.8 Å². The van der Waals surface area contributed by atoms with Crippen molar-refractivity contribution in [2.24, 2.45) is 5.41 Å². The van der Waals surface area contributed by atoms with Crippen LogP contribution in [0.2, 0.25) is 0 Å². The highest BCUT2D eigenvalue weighted by atomic mass is 19.3. The first-order chi connectivity index (χ1) is 4.52. The average Bonchev–Trinajstić information content (AvgIpc) is 2.49. The fourth-order valence-corrected chi connectivity index (χ4v) is 0.995. The van der Waals surface area contributed by atoms with Gasteiger partial charge in [0.2, 0.25) is 0 Å². The number of alkyl halides is 2. The Morgan fingerprint density at radius 3 is 2.30 bits per heavy atom. The van der Waals surface area contributed by atoms with Gasteiger partial charge in [-0.25, -0.2) is 8.78 Å². The smallest absolute Gasteiger partial charge is 0.255 e. The van der Waals surface area contributed by atoms with E-state index in [0.717, 1.165) is 0 Å². The Kier molecular flexibility index (Phi) is 1.71. The molecular formula is C7H12F2O. The largest absolute Gasteiger partial charge is 0.396 e. The molecule has 0 aliphatic heterocycles. The molecule has 0 aromatic rings. The van der Waals surface area contributed by atoms with Crippen LogP contribution in [0.4, 0.5) is 8.78 Å². The van der Waals surface area contributed by atoms with E-state index in [9.17, 15) is 8.78 Å². The summed E-state index contributed by atoms with van der Waals surface area (Å²) >= 11 is 0. The highest BCUT2D eigenvalue weighted by Gasteiger charge is 2.57. The lowest BCUT2D eigenvalue weighted by Crippen LogP contribution is -2.28. The second kappa shape index (κ2) is 2.16. The summed E-state index contributed by atoms with van der Waals surface area (Å²) < 4.78 is 25.7. The van der Waals surface area contributed by atoms with E-state index >= 15 is 0 Å². The topological polar surface area (TPSA) is 20.2 Å². The summed E-state index contributed by atoms with van der Waals surface area (Å²) in [4.78, 5) is 0. The highest BCUT2D eigenvalue weighted by Crippen LogP contribution is 2.57. The van der Waals surface area contributed by atoms with Gasteiger partial charge < -0.3 is 5.11 Å². The minimum absolute atomic E-state index is 0.385. The summed E-state index contributed by atoms with van der Waals surface area (Å²) in [5, 5.41) is 8.31. The van der Waals surface area contributed by atoms with Crippen molar-refractivity contribution in [1.82, 2.24) is 0 Å². The molecule has 0 aromatic carbocycles. The molecule has 0 radical (unpaired) electrons. The normalized spacial score (nSPS) is 22.8. The van der Waals surface area contributed by atoms with E-state index in [-0.39, 0.29) is 6.42 Å². The van der Waals surface area contributed by atoms with Crippen LogP contribution in [0.1, 0.15) is 26.2 Å². The van der Waals surface area contributed by atoms with E-state index < -0.39 is 17.9 Å². The molecule has 0 amide bonds. The molecule has 1 rings (SSSR count). The van der Waals surface area contributed by atoms with Gasteiger partial charge in [0.25, 0.3) is 5.92 Å². The predicted octanol–water partition coefficient (Wildman–Crippen LogP) is 1.80. The summed E-state index contributed by atoms with van der Waals surface area (Å²) in [5.41, 5.74) is -0.796. The Labute approximate surface area is 59.0 Å². The summed E-state index contributed by atoms with van der Waals surface area (Å²) in [5.74, 6) is -2.65. The minimum Gasteiger partial charge on any atom is -0.396 e. The number of aliphatic hydroxyl groups is 1. The summed E-state index contributed by atoms with van der Waals surface area (Å²) in [6, 6.07) is 0. The predicted molar refractivity (Wildman–Crippen MR) is 34.0 cm³/mol. The molecule has 10 heavy (non-hydrogen) atoms. The van der Waals surface area contributed by atoms with E-state index in [4.69, 9.17) is 5.11 Å². The van der Waals surface area contributed by atoms with E-state index in [1.165, 1.54) is 0 Å². The maximum absolute atomic E-state index is 12.8. The molecule has 1 fully saturated rings. The van der Waals surface area contributed by atoms with Crippen LogP contribution in [0.15, 0.2) is 0 Å². The molecule has 1 aliphatic rings. The van der Waals surface area contributed by atoms with Crippen LogP contribution in [-0.2, 0) is 0 Å². The first-order valence-corrected chi connectivity index (χ1v) is 3.50. The van der Waals surface area contributed by atoms with Gasteiger partial charge in [-0.1, -0.05) is 6.92 Å². The summed E-state index contributed by atoms with van der Waals surface area (Å²) in [7, 11) is 0. The van der Waals surface area contributed by atoms with Crippen LogP contribution in [0.3, 0.4) is 0 Å². The van der Waals surface area contributed by atoms with Crippen molar-refractivity contribution in [3.05, 3.63) is 0 Å². The lowest BCUT2D eigenvalue weighted by molar-refractivity contribution is -0.0813. The third kappa shape index (κ3) is 1.15. The molecule has 0 saturated heterocycles. The van der Waals surface area contributed by atoms with Crippen LogP contribution < -0.4 is 0 Å². The number of rotatable bonds is 3. The first-order valence-electron chi connectivity index (χ1n) is 3.50. The summed E-state index contributed by atoms with van der Waals surface area (Å²) in [6.45, 7) is 1.16. The van der Waals surface area contributed by atoms with Gasteiger partial charge in [-0.3, -0.25) is 0 Å². The SMILES string of the molecule is CC1(C(F)(F)CCO)CC1. The number of hydrogen-bond acceptors (Lipinski definition) is 1. The maximum atomic E-state index is 12.8. The van der Waals surface area contributed by atoms with Gasteiger partial charge in [0.1, 0.15) is 0 Å². The number of halogens is 2. The molecule has 3 heteroatoms. The lowest BCUT2D eigenvalue weighted by atomic mass is 9.98. The maximum Gasteiger partial charge on any atom is 0.255 e. The molecular weight excluding hydrogens is 138 g/mol. The molecule has 0 unspecified atom stereocenters. The molecule has 0 heterocycles. The third-order valence-corrected chi connectivity index (χ3v) is 2.31. The van der Waals surface area contributed by atoms with Crippen molar-refractivity contribution in [3.8, 4) is 0 Å². The van der Waals surface area contributed by atoms with Gasteiger partial charge in [0.15, 0.2) is 0 Å². The standard InChI is InChI=1S/C7H12F2O/c1-6(2-3-6)7(8,9)4-5-10/h10H,2-5H2,1H3. The Morgan fingerprint density at radius 2 is 2.00 bits per heavy atom. The molecule has 1 N–H and O–H groups in total. The van der Waals surface area contributed by atoms with Gasteiger partial charge in [-0.15, -0.1) is 0 Å². The third-order valence-electron chi connectivity index (χ3n) is 2.31. The Hall–Kier alpha value is -0.180. The second-order valence-electron chi connectivity index (χ2n) is 3.24. The van der Waals surface area contributed by atoms with E-state index in [2.05, 4.69) is 0 Å². The molecule has 0 atom stereocenters. The average molecular weight is 150 g/mol. The molecule has 1 saturated carbocycles. The van der Waals surface area contributed by atoms with E-state index in [1.807, 2.05) is 0 Å². The quantitative estimate of drug-likeness (QED) is 0.650. The first kappa shape index (κ1) is 7.92. The second-order valence-corrected chi connectivity index (χ2v) is 3.24. The molecule has 60 valence electrons. The van der Waals surface area contributed by atoms with Crippen LogP contribution in [0, 0.1) is 5.41 Å².